The van der Waals surface area contributed by atoms with Gasteiger partial charge in [-0.2, -0.15) is 5.26 Å². The number of carbonyl (C=O) groups excluding carboxylic acids is 1. The van der Waals surface area contributed by atoms with Crippen molar-refractivity contribution in [2.75, 3.05) is 5.75 Å². The van der Waals surface area contributed by atoms with Crippen LogP contribution in [0.5, 0.6) is 0 Å². The van der Waals surface area contributed by atoms with E-state index >= 15 is 0 Å². The van der Waals surface area contributed by atoms with E-state index in [-0.39, 0.29) is 11.7 Å². The van der Waals surface area contributed by atoms with E-state index in [4.69, 9.17) is 0 Å². The first-order chi connectivity index (χ1) is 10.7. The maximum Gasteiger partial charge on any atom is 0.231 e. The lowest BCUT2D eigenvalue weighted by molar-refractivity contribution is -0.119. The summed E-state index contributed by atoms with van der Waals surface area (Å²) in [5.41, 5.74) is -0.644. The second-order valence-corrected chi connectivity index (χ2v) is 7.04. The molecule has 2 fully saturated rings. The molecule has 2 aliphatic carbocycles. The van der Waals surface area contributed by atoms with E-state index in [2.05, 4.69) is 33.1 Å². The second kappa shape index (κ2) is 6.29. The molecule has 22 heavy (non-hydrogen) atoms. The average molecular weight is 319 g/mol. The maximum atomic E-state index is 12.1. The van der Waals surface area contributed by atoms with E-state index in [1.807, 2.05) is 0 Å². The number of thioether (sulfide) groups is 1. The monoisotopic (exact) mass is 319 g/mol. The Morgan fingerprint density at radius 2 is 2.18 bits per heavy atom. The molecule has 3 rings (SSSR count). The molecule has 1 aromatic heterocycles. The predicted octanol–water partition coefficient (Wildman–Crippen LogP) is 2.22. The Bertz CT molecular complexity index is 596. The first-order valence-corrected chi connectivity index (χ1v) is 8.94. The number of carbonyl (C=O) groups is 1. The van der Waals surface area contributed by atoms with Gasteiger partial charge >= 0.3 is 0 Å². The quantitative estimate of drug-likeness (QED) is 0.813. The zero-order chi connectivity index (χ0) is 15.6. The summed E-state index contributed by atoms with van der Waals surface area (Å²) in [6, 6.07) is 2.28. The standard InChI is InChI=1S/C15H21N5OS/c1-2-20-13(11-5-6-11)18-19-14(20)22-9-12(21)17-15(10-16)7-3-4-8-15/h11H,2-9H2,1H3,(H,17,21). The first kappa shape index (κ1) is 15.3. The van der Waals surface area contributed by atoms with Crippen LogP contribution in [0.1, 0.15) is 57.2 Å². The number of amides is 1. The number of aromatic nitrogens is 3. The van der Waals surface area contributed by atoms with Gasteiger partial charge in [0.15, 0.2) is 5.16 Å². The van der Waals surface area contributed by atoms with Gasteiger partial charge in [0.25, 0.3) is 0 Å². The molecule has 6 nitrogen and oxygen atoms in total. The third-order valence-corrected chi connectivity index (χ3v) is 5.35. The molecule has 2 aliphatic rings. The Morgan fingerprint density at radius 3 is 2.77 bits per heavy atom. The van der Waals surface area contributed by atoms with Gasteiger partial charge in [-0.15, -0.1) is 10.2 Å². The average Bonchev–Trinajstić information content (AvgIpc) is 3.12. The molecule has 0 saturated heterocycles. The van der Waals surface area contributed by atoms with Crippen LogP contribution in [-0.2, 0) is 11.3 Å². The fraction of sp³-hybridized carbons (Fsp3) is 0.733. The molecule has 0 aromatic carbocycles. The molecule has 1 amide bonds. The van der Waals surface area contributed by atoms with Crippen molar-refractivity contribution in [2.24, 2.45) is 0 Å². The molecule has 1 aromatic rings. The van der Waals surface area contributed by atoms with Gasteiger partial charge in [0.2, 0.25) is 5.91 Å². The normalized spacial score (nSPS) is 19.8. The lowest BCUT2D eigenvalue weighted by Crippen LogP contribution is -2.45. The highest BCUT2D eigenvalue weighted by atomic mass is 32.2. The zero-order valence-corrected chi connectivity index (χ0v) is 13.7. The number of hydrogen-bond donors (Lipinski definition) is 1. The molecule has 1 N–H and O–H groups in total. The molecular weight excluding hydrogens is 298 g/mol. The van der Waals surface area contributed by atoms with Crippen LogP contribution in [0.4, 0.5) is 0 Å². The van der Waals surface area contributed by atoms with E-state index < -0.39 is 5.54 Å². The fourth-order valence-corrected chi connectivity index (χ4v) is 3.83. The number of nitriles is 1. The van der Waals surface area contributed by atoms with Crippen LogP contribution >= 0.6 is 11.8 Å². The van der Waals surface area contributed by atoms with E-state index in [1.165, 1.54) is 24.6 Å². The molecule has 0 radical (unpaired) electrons. The summed E-state index contributed by atoms with van der Waals surface area (Å²) in [7, 11) is 0. The number of rotatable bonds is 6. The van der Waals surface area contributed by atoms with Crippen molar-refractivity contribution in [1.82, 2.24) is 20.1 Å². The minimum absolute atomic E-state index is 0.0907. The Balaban J connectivity index is 1.58. The molecule has 0 unspecified atom stereocenters. The van der Waals surface area contributed by atoms with Crippen molar-refractivity contribution in [2.45, 2.75) is 68.6 Å². The van der Waals surface area contributed by atoms with Crippen LogP contribution in [0.25, 0.3) is 0 Å². The Morgan fingerprint density at radius 1 is 1.45 bits per heavy atom. The Labute approximate surface area is 134 Å². The summed E-state index contributed by atoms with van der Waals surface area (Å²) in [5, 5.41) is 21.5. The van der Waals surface area contributed by atoms with Crippen molar-refractivity contribution in [1.29, 1.82) is 5.26 Å². The smallest absolute Gasteiger partial charge is 0.231 e. The van der Waals surface area contributed by atoms with Gasteiger partial charge in [0.05, 0.1) is 11.8 Å². The highest BCUT2D eigenvalue weighted by Crippen LogP contribution is 2.40. The van der Waals surface area contributed by atoms with Crippen LogP contribution in [0.2, 0.25) is 0 Å². The molecule has 0 bridgehead atoms. The lowest BCUT2D eigenvalue weighted by Gasteiger charge is -2.21. The van der Waals surface area contributed by atoms with E-state index in [1.54, 1.807) is 0 Å². The van der Waals surface area contributed by atoms with Crippen molar-refractivity contribution in [3.05, 3.63) is 5.82 Å². The third-order valence-electron chi connectivity index (χ3n) is 4.39. The third kappa shape index (κ3) is 3.12. The number of nitrogens with zero attached hydrogens (tertiary/aromatic N) is 4. The van der Waals surface area contributed by atoms with E-state index in [0.29, 0.717) is 5.92 Å². The van der Waals surface area contributed by atoms with E-state index in [9.17, 15) is 10.1 Å². The van der Waals surface area contributed by atoms with E-state index in [0.717, 1.165) is 43.2 Å². The molecule has 0 atom stereocenters. The largest absolute Gasteiger partial charge is 0.337 e. The van der Waals surface area contributed by atoms with Gasteiger partial charge in [-0.1, -0.05) is 11.8 Å². The molecule has 2 saturated carbocycles. The minimum Gasteiger partial charge on any atom is -0.337 e. The predicted molar refractivity (Wildman–Crippen MR) is 83.3 cm³/mol. The highest BCUT2D eigenvalue weighted by molar-refractivity contribution is 7.99. The zero-order valence-electron chi connectivity index (χ0n) is 12.8. The van der Waals surface area contributed by atoms with Gasteiger partial charge in [0.1, 0.15) is 11.4 Å². The van der Waals surface area contributed by atoms with Crippen molar-refractivity contribution in [3.8, 4) is 6.07 Å². The summed E-state index contributed by atoms with van der Waals surface area (Å²) < 4.78 is 2.10. The summed E-state index contributed by atoms with van der Waals surface area (Å²) in [5.74, 6) is 1.80. The first-order valence-electron chi connectivity index (χ1n) is 7.95. The molecule has 0 aliphatic heterocycles. The molecular formula is C15H21N5OS. The SMILES string of the molecule is CCn1c(SCC(=O)NC2(C#N)CCCC2)nnc1C1CC1. The highest BCUT2D eigenvalue weighted by Gasteiger charge is 2.35. The topological polar surface area (TPSA) is 83.6 Å². The van der Waals surface area contributed by atoms with Gasteiger partial charge in [-0.3, -0.25) is 4.79 Å². The summed E-state index contributed by atoms with van der Waals surface area (Å²) >= 11 is 1.41. The van der Waals surface area contributed by atoms with Gasteiger partial charge in [-0.25, -0.2) is 0 Å². The molecule has 118 valence electrons. The van der Waals surface area contributed by atoms with Gasteiger partial charge in [0, 0.05) is 12.5 Å². The Hall–Kier alpha value is -1.55. The number of hydrogen-bond acceptors (Lipinski definition) is 5. The van der Waals surface area contributed by atoms with Crippen LogP contribution in [0, 0.1) is 11.3 Å². The fourth-order valence-electron chi connectivity index (χ4n) is 3.02. The summed E-state index contributed by atoms with van der Waals surface area (Å²) in [6.45, 7) is 2.90. The number of nitrogens with one attached hydrogen (secondary N) is 1. The minimum atomic E-state index is -0.644. The molecule has 1 heterocycles. The van der Waals surface area contributed by atoms with Crippen LogP contribution in [0.3, 0.4) is 0 Å². The molecule has 7 heteroatoms. The van der Waals surface area contributed by atoms with Crippen LogP contribution < -0.4 is 5.32 Å². The second-order valence-electron chi connectivity index (χ2n) is 6.10. The van der Waals surface area contributed by atoms with Gasteiger partial charge in [-0.05, 0) is 45.4 Å². The van der Waals surface area contributed by atoms with Crippen LogP contribution in [-0.4, -0.2) is 32.0 Å². The van der Waals surface area contributed by atoms with Crippen molar-refractivity contribution in [3.63, 3.8) is 0 Å². The van der Waals surface area contributed by atoms with Crippen molar-refractivity contribution < 1.29 is 4.79 Å². The Kier molecular flexibility index (Phi) is 4.39. The summed E-state index contributed by atoms with van der Waals surface area (Å²) in [6.07, 6.45) is 5.92. The maximum absolute atomic E-state index is 12.1. The molecule has 0 spiro atoms. The van der Waals surface area contributed by atoms with Crippen molar-refractivity contribution >= 4 is 17.7 Å². The summed E-state index contributed by atoms with van der Waals surface area (Å²) in [4.78, 5) is 12.1. The van der Waals surface area contributed by atoms with Gasteiger partial charge < -0.3 is 9.88 Å². The van der Waals surface area contributed by atoms with Crippen LogP contribution in [0.15, 0.2) is 5.16 Å². The lowest BCUT2D eigenvalue weighted by atomic mass is 10.0.